The van der Waals surface area contributed by atoms with Crippen LogP contribution in [-0.4, -0.2) is 16.8 Å². The molecule has 1 aliphatic rings. The lowest BCUT2D eigenvalue weighted by Crippen LogP contribution is -2.17. The van der Waals surface area contributed by atoms with Crippen LogP contribution >= 0.6 is 27.7 Å². The van der Waals surface area contributed by atoms with Gasteiger partial charge in [0.25, 0.3) is 0 Å². The van der Waals surface area contributed by atoms with Crippen molar-refractivity contribution in [1.82, 2.24) is 9.66 Å². The minimum absolute atomic E-state index is 0.833. The first-order chi connectivity index (χ1) is 11.8. The summed E-state index contributed by atoms with van der Waals surface area (Å²) in [5.41, 5.74) is 7.54. The summed E-state index contributed by atoms with van der Waals surface area (Å²) < 4.78 is 8.08. The Morgan fingerprint density at radius 2 is 1.79 bits per heavy atom. The van der Waals surface area contributed by atoms with E-state index in [0.29, 0.717) is 0 Å². The fourth-order valence-electron chi connectivity index (χ4n) is 2.50. The first-order valence-corrected chi connectivity index (χ1v) is 9.05. The third-order valence-corrected chi connectivity index (χ3v) is 5.32. The SMILES string of the molecule is COc1ccc(-c2nc3n(c2Br)NC(c2ccccc2)=CS3)cc1. The predicted octanol–water partition coefficient (Wildman–Crippen LogP) is 4.97. The van der Waals surface area contributed by atoms with E-state index in [1.54, 1.807) is 18.9 Å². The van der Waals surface area contributed by atoms with Gasteiger partial charge in [-0.3, -0.25) is 5.43 Å². The molecule has 6 heteroatoms. The summed E-state index contributed by atoms with van der Waals surface area (Å²) in [4.78, 5) is 4.74. The Kier molecular flexibility index (Phi) is 4.08. The number of hydrogen-bond donors (Lipinski definition) is 1. The van der Waals surface area contributed by atoms with E-state index in [9.17, 15) is 0 Å². The number of aromatic nitrogens is 2. The van der Waals surface area contributed by atoms with E-state index in [2.05, 4.69) is 38.9 Å². The number of methoxy groups -OCH3 is 1. The standard InChI is InChI=1S/C18H14BrN3OS/c1-23-14-9-7-13(8-10-14)16-17(19)22-18(20-16)24-11-15(21-22)12-5-3-2-4-6-12/h2-11,21H,1H3. The maximum Gasteiger partial charge on any atom is 0.193 e. The number of halogens is 1. The van der Waals surface area contributed by atoms with E-state index in [1.807, 2.05) is 47.1 Å². The smallest absolute Gasteiger partial charge is 0.193 e. The molecule has 0 unspecified atom stereocenters. The van der Waals surface area contributed by atoms with E-state index in [4.69, 9.17) is 9.72 Å². The average molecular weight is 400 g/mol. The summed E-state index contributed by atoms with van der Waals surface area (Å²) in [5.74, 6) is 0.833. The third kappa shape index (κ3) is 2.72. The molecule has 3 aromatic rings. The van der Waals surface area contributed by atoms with Crippen molar-refractivity contribution in [1.29, 1.82) is 0 Å². The highest BCUT2D eigenvalue weighted by molar-refractivity contribution is 9.10. The van der Waals surface area contributed by atoms with Gasteiger partial charge in [-0.25, -0.2) is 9.66 Å². The van der Waals surface area contributed by atoms with Gasteiger partial charge in [0.15, 0.2) is 5.16 Å². The monoisotopic (exact) mass is 399 g/mol. The molecule has 120 valence electrons. The van der Waals surface area contributed by atoms with Crippen LogP contribution in [0.2, 0.25) is 0 Å². The molecule has 24 heavy (non-hydrogen) atoms. The van der Waals surface area contributed by atoms with Crippen molar-refractivity contribution in [2.24, 2.45) is 0 Å². The van der Waals surface area contributed by atoms with E-state index >= 15 is 0 Å². The van der Waals surface area contributed by atoms with Crippen LogP contribution in [0, 0.1) is 0 Å². The second-order valence-corrected chi connectivity index (χ2v) is 6.81. The van der Waals surface area contributed by atoms with Crippen LogP contribution in [0.1, 0.15) is 5.56 Å². The van der Waals surface area contributed by atoms with Gasteiger partial charge in [0.2, 0.25) is 0 Å². The lowest BCUT2D eigenvalue weighted by atomic mass is 10.2. The second kappa shape index (κ2) is 6.37. The first kappa shape index (κ1) is 15.4. The molecule has 4 rings (SSSR count). The van der Waals surface area contributed by atoms with Gasteiger partial charge in [0.05, 0.1) is 12.8 Å². The molecule has 1 aliphatic heterocycles. The van der Waals surface area contributed by atoms with Gasteiger partial charge in [-0.1, -0.05) is 42.1 Å². The topological polar surface area (TPSA) is 39.1 Å². The fourth-order valence-corrected chi connectivity index (χ4v) is 3.99. The molecular formula is C18H14BrN3OS. The number of benzene rings is 2. The molecule has 0 fully saturated rings. The summed E-state index contributed by atoms with van der Waals surface area (Å²) >= 11 is 5.28. The second-order valence-electron chi connectivity index (χ2n) is 5.22. The Balaban J connectivity index is 1.68. The van der Waals surface area contributed by atoms with Crippen LogP contribution in [-0.2, 0) is 0 Å². The Morgan fingerprint density at radius 1 is 1.04 bits per heavy atom. The highest BCUT2D eigenvalue weighted by Crippen LogP contribution is 2.36. The van der Waals surface area contributed by atoms with E-state index in [0.717, 1.165) is 38.0 Å². The molecule has 2 aromatic carbocycles. The van der Waals surface area contributed by atoms with E-state index in [1.165, 1.54) is 0 Å². The molecule has 0 radical (unpaired) electrons. The number of hydrogen-bond acceptors (Lipinski definition) is 4. The van der Waals surface area contributed by atoms with Gasteiger partial charge in [-0.15, -0.1) is 0 Å². The van der Waals surface area contributed by atoms with Crippen LogP contribution in [0.3, 0.4) is 0 Å². The summed E-state index contributed by atoms with van der Waals surface area (Å²) in [6.45, 7) is 0. The summed E-state index contributed by atoms with van der Waals surface area (Å²) in [6, 6.07) is 18.1. The van der Waals surface area contributed by atoms with Gasteiger partial charge < -0.3 is 4.74 Å². The quantitative estimate of drug-likeness (QED) is 0.674. The van der Waals surface area contributed by atoms with Crippen molar-refractivity contribution in [3.63, 3.8) is 0 Å². The predicted molar refractivity (Wildman–Crippen MR) is 102 cm³/mol. The van der Waals surface area contributed by atoms with E-state index < -0.39 is 0 Å². The zero-order valence-electron chi connectivity index (χ0n) is 12.9. The number of nitrogens with zero attached hydrogens (tertiary/aromatic N) is 2. The molecule has 1 aromatic heterocycles. The largest absolute Gasteiger partial charge is 0.497 e. The molecule has 0 saturated heterocycles. The third-order valence-electron chi connectivity index (χ3n) is 3.75. The van der Waals surface area contributed by atoms with E-state index in [-0.39, 0.29) is 0 Å². The number of nitrogens with one attached hydrogen (secondary N) is 1. The lowest BCUT2D eigenvalue weighted by Gasteiger charge is -2.18. The zero-order chi connectivity index (χ0) is 16.5. The zero-order valence-corrected chi connectivity index (χ0v) is 15.3. The molecular weight excluding hydrogens is 386 g/mol. The van der Waals surface area contributed by atoms with Crippen LogP contribution < -0.4 is 10.2 Å². The molecule has 1 N–H and O–H groups in total. The van der Waals surface area contributed by atoms with Crippen LogP contribution in [0.4, 0.5) is 0 Å². The Labute approximate surface area is 152 Å². The number of thioether (sulfide) groups is 1. The number of rotatable bonds is 3. The minimum Gasteiger partial charge on any atom is -0.497 e. The number of fused-ring (bicyclic) bond motifs is 1. The first-order valence-electron chi connectivity index (χ1n) is 7.38. The Bertz CT molecular complexity index is 904. The summed E-state index contributed by atoms with van der Waals surface area (Å²) in [7, 11) is 1.66. The molecule has 2 heterocycles. The van der Waals surface area contributed by atoms with Crippen molar-refractivity contribution in [2.45, 2.75) is 5.16 Å². The van der Waals surface area contributed by atoms with Crippen molar-refractivity contribution in [2.75, 3.05) is 12.5 Å². The molecule has 0 bridgehead atoms. The molecule has 0 spiro atoms. The fraction of sp³-hybridized carbons (Fsp3) is 0.0556. The van der Waals surface area contributed by atoms with Crippen LogP contribution in [0.15, 0.2) is 69.8 Å². The molecule has 4 nitrogen and oxygen atoms in total. The van der Waals surface area contributed by atoms with Crippen molar-refractivity contribution >= 4 is 33.4 Å². The van der Waals surface area contributed by atoms with Crippen molar-refractivity contribution < 1.29 is 4.74 Å². The van der Waals surface area contributed by atoms with Crippen molar-refractivity contribution in [3.05, 3.63) is 70.2 Å². The number of imidazole rings is 1. The highest BCUT2D eigenvalue weighted by Gasteiger charge is 2.21. The van der Waals surface area contributed by atoms with Gasteiger partial charge >= 0.3 is 0 Å². The molecule has 0 atom stereocenters. The van der Waals surface area contributed by atoms with Gasteiger partial charge in [0, 0.05) is 11.0 Å². The van der Waals surface area contributed by atoms with Gasteiger partial charge in [-0.2, -0.15) is 0 Å². The lowest BCUT2D eigenvalue weighted by molar-refractivity contribution is 0.415. The maximum absolute atomic E-state index is 5.22. The normalized spacial score (nSPS) is 13.0. The molecule has 0 saturated carbocycles. The van der Waals surface area contributed by atoms with Gasteiger partial charge in [0.1, 0.15) is 16.0 Å². The van der Waals surface area contributed by atoms with Crippen LogP contribution in [0.5, 0.6) is 5.75 Å². The Morgan fingerprint density at radius 3 is 2.50 bits per heavy atom. The molecule has 0 aliphatic carbocycles. The Hall–Kier alpha value is -2.18. The summed E-state index contributed by atoms with van der Waals surface area (Å²) in [5, 5.41) is 2.98. The maximum atomic E-state index is 5.22. The van der Waals surface area contributed by atoms with Crippen molar-refractivity contribution in [3.8, 4) is 17.0 Å². The van der Waals surface area contributed by atoms with Crippen LogP contribution in [0.25, 0.3) is 17.0 Å². The average Bonchev–Trinajstić information content (AvgIpc) is 2.99. The number of ether oxygens (including phenoxy) is 1. The highest BCUT2D eigenvalue weighted by atomic mass is 79.9. The van der Waals surface area contributed by atoms with Gasteiger partial charge in [-0.05, 0) is 45.8 Å². The minimum atomic E-state index is 0.833. The summed E-state index contributed by atoms with van der Waals surface area (Å²) in [6.07, 6.45) is 0. The molecule has 0 amide bonds.